The highest BCUT2D eigenvalue weighted by molar-refractivity contribution is 6.20. The Morgan fingerprint density at radius 1 is 1.20 bits per heavy atom. The van der Waals surface area contributed by atoms with Gasteiger partial charge in [0, 0.05) is 16.8 Å². The molecular formula is C12H13NO2. The summed E-state index contributed by atoms with van der Waals surface area (Å²) in [5.74, 6) is -0.0751. The predicted octanol–water partition coefficient (Wildman–Crippen LogP) is 1.78. The van der Waals surface area contributed by atoms with Gasteiger partial charge in [-0.05, 0) is 19.4 Å². The maximum atomic E-state index is 11.3. The van der Waals surface area contributed by atoms with E-state index in [1.165, 1.54) is 6.92 Å². The number of Topliss-reactive ketones (excluding diaryl/α,β-unsaturated/α-hetero) is 1. The van der Waals surface area contributed by atoms with Gasteiger partial charge in [-0.3, -0.25) is 9.59 Å². The molecular weight excluding hydrogens is 190 g/mol. The fraction of sp³-hybridized carbons (Fsp3) is 0.167. The van der Waals surface area contributed by atoms with Gasteiger partial charge in [-0.1, -0.05) is 24.3 Å². The minimum Gasteiger partial charge on any atom is -0.402 e. The van der Waals surface area contributed by atoms with Crippen molar-refractivity contribution in [2.24, 2.45) is 5.73 Å². The van der Waals surface area contributed by atoms with Crippen LogP contribution in [0.3, 0.4) is 0 Å². The summed E-state index contributed by atoms with van der Waals surface area (Å²) in [7, 11) is 0. The van der Waals surface area contributed by atoms with Crippen molar-refractivity contribution in [1.29, 1.82) is 0 Å². The number of allylic oxidation sites excluding steroid dienone is 2. The smallest absolute Gasteiger partial charge is 0.162 e. The quantitative estimate of drug-likeness (QED) is 0.601. The monoisotopic (exact) mass is 203 g/mol. The molecule has 1 aromatic rings. The molecule has 0 heterocycles. The molecule has 2 N–H and O–H groups in total. The molecule has 3 nitrogen and oxygen atoms in total. The van der Waals surface area contributed by atoms with E-state index >= 15 is 0 Å². The third-order valence-corrected chi connectivity index (χ3v) is 2.08. The molecule has 0 unspecified atom stereocenters. The van der Waals surface area contributed by atoms with Crippen molar-refractivity contribution in [1.82, 2.24) is 0 Å². The summed E-state index contributed by atoms with van der Waals surface area (Å²) in [4.78, 5) is 21.8. The molecule has 0 fully saturated rings. The van der Waals surface area contributed by atoms with Crippen molar-refractivity contribution in [2.75, 3.05) is 0 Å². The van der Waals surface area contributed by atoms with Crippen molar-refractivity contribution >= 4 is 17.6 Å². The van der Waals surface area contributed by atoms with Crippen LogP contribution in [0.5, 0.6) is 0 Å². The van der Waals surface area contributed by atoms with Crippen LogP contribution in [0.15, 0.2) is 30.0 Å². The lowest BCUT2D eigenvalue weighted by Crippen LogP contribution is -2.05. The Morgan fingerprint density at radius 3 is 2.07 bits per heavy atom. The molecule has 0 aliphatic heterocycles. The number of ketones is 1. The van der Waals surface area contributed by atoms with Crippen LogP contribution in [0.25, 0.3) is 5.57 Å². The largest absolute Gasteiger partial charge is 0.402 e. The predicted molar refractivity (Wildman–Crippen MR) is 59.3 cm³/mol. The number of hydrogen-bond donors (Lipinski definition) is 1. The van der Waals surface area contributed by atoms with Crippen molar-refractivity contribution < 1.29 is 9.59 Å². The first-order chi connectivity index (χ1) is 7.06. The molecule has 15 heavy (non-hydrogen) atoms. The number of nitrogens with two attached hydrogens (primary N) is 1. The molecule has 0 atom stereocenters. The highest BCUT2D eigenvalue weighted by Gasteiger charge is 2.09. The van der Waals surface area contributed by atoms with Crippen molar-refractivity contribution in [3.8, 4) is 0 Å². The molecule has 0 saturated heterocycles. The first kappa shape index (κ1) is 11.2. The Hall–Kier alpha value is -1.90. The zero-order valence-electron chi connectivity index (χ0n) is 8.78. The van der Waals surface area contributed by atoms with E-state index < -0.39 is 0 Å². The maximum absolute atomic E-state index is 11.3. The van der Waals surface area contributed by atoms with Gasteiger partial charge < -0.3 is 5.73 Å². The Morgan fingerprint density at radius 2 is 1.73 bits per heavy atom. The van der Waals surface area contributed by atoms with Crippen molar-refractivity contribution in [3.05, 3.63) is 41.1 Å². The van der Waals surface area contributed by atoms with Gasteiger partial charge in [0.1, 0.15) is 6.29 Å². The Balaban J connectivity index is 3.20. The molecule has 0 amide bonds. The van der Waals surface area contributed by atoms with Crippen LogP contribution >= 0.6 is 0 Å². The van der Waals surface area contributed by atoms with E-state index in [9.17, 15) is 9.59 Å². The fourth-order valence-electron chi connectivity index (χ4n) is 1.44. The van der Waals surface area contributed by atoms with Crippen LogP contribution in [0.1, 0.15) is 29.8 Å². The average Bonchev–Trinajstić information content (AvgIpc) is 2.18. The zero-order chi connectivity index (χ0) is 11.4. The van der Waals surface area contributed by atoms with Gasteiger partial charge in [-0.2, -0.15) is 0 Å². The van der Waals surface area contributed by atoms with Gasteiger partial charge in [0.05, 0.1) is 0 Å². The third-order valence-electron chi connectivity index (χ3n) is 2.08. The molecule has 78 valence electrons. The molecule has 1 rings (SSSR count). The molecule has 1 aromatic carbocycles. The van der Waals surface area contributed by atoms with Gasteiger partial charge in [0.2, 0.25) is 0 Å². The summed E-state index contributed by atoms with van der Waals surface area (Å²) >= 11 is 0. The second kappa shape index (κ2) is 4.55. The van der Waals surface area contributed by atoms with Gasteiger partial charge in [0.15, 0.2) is 5.78 Å². The highest BCUT2D eigenvalue weighted by Crippen LogP contribution is 2.17. The summed E-state index contributed by atoms with van der Waals surface area (Å²) < 4.78 is 0. The van der Waals surface area contributed by atoms with E-state index in [0.29, 0.717) is 16.8 Å². The Kier molecular flexibility index (Phi) is 3.39. The molecule has 0 radical (unpaired) electrons. The summed E-state index contributed by atoms with van der Waals surface area (Å²) in [5.41, 5.74) is 7.95. The van der Waals surface area contributed by atoms with E-state index in [1.54, 1.807) is 31.2 Å². The SMILES string of the molecule is CC(=O)C(=C(C)N)c1ccc(C=O)cc1. The number of benzene rings is 1. The van der Waals surface area contributed by atoms with Gasteiger partial charge >= 0.3 is 0 Å². The van der Waals surface area contributed by atoms with Gasteiger partial charge in [0.25, 0.3) is 0 Å². The first-order valence-corrected chi connectivity index (χ1v) is 4.59. The number of hydrogen-bond acceptors (Lipinski definition) is 3. The topological polar surface area (TPSA) is 60.2 Å². The average molecular weight is 203 g/mol. The van der Waals surface area contributed by atoms with Gasteiger partial charge in [-0.25, -0.2) is 0 Å². The summed E-state index contributed by atoms with van der Waals surface area (Å²) in [6.45, 7) is 3.16. The number of carbonyl (C=O) groups is 2. The first-order valence-electron chi connectivity index (χ1n) is 4.59. The lowest BCUT2D eigenvalue weighted by Gasteiger charge is -2.06. The molecule has 0 aliphatic rings. The molecule has 0 aromatic heterocycles. The minimum absolute atomic E-state index is 0.0751. The molecule has 0 bridgehead atoms. The maximum Gasteiger partial charge on any atom is 0.162 e. The molecule has 0 aliphatic carbocycles. The Bertz CT molecular complexity index is 412. The number of carbonyl (C=O) groups excluding carboxylic acids is 2. The van der Waals surface area contributed by atoms with Crippen LogP contribution in [0.2, 0.25) is 0 Å². The van der Waals surface area contributed by atoms with E-state index in [-0.39, 0.29) is 5.78 Å². The van der Waals surface area contributed by atoms with Crippen LogP contribution in [0, 0.1) is 0 Å². The fourth-order valence-corrected chi connectivity index (χ4v) is 1.44. The lowest BCUT2D eigenvalue weighted by molar-refractivity contribution is -0.111. The van der Waals surface area contributed by atoms with E-state index in [2.05, 4.69) is 0 Å². The van der Waals surface area contributed by atoms with Crippen molar-refractivity contribution in [3.63, 3.8) is 0 Å². The highest BCUT2D eigenvalue weighted by atomic mass is 16.1. The standard InChI is InChI=1S/C12H13NO2/c1-8(13)12(9(2)15)11-5-3-10(7-14)4-6-11/h3-7H,13H2,1-2H3. The van der Waals surface area contributed by atoms with Gasteiger partial charge in [-0.15, -0.1) is 0 Å². The van der Waals surface area contributed by atoms with E-state index in [1.807, 2.05) is 0 Å². The van der Waals surface area contributed by atoms with Crippen LogP contribution in [-0.2, 0) is 4.79 Å². The summed E-state index contributed by atoms with van der Waals surface area (Å²) in [6.07, 6.45) is 0.760. The van der Waals surface area contributed by atoms with Crippen molar-refractivity contribution in [2.45, 2.75) is 13.8 Å². The number of aldehydes is 1. The minimum atomic E-state index is -0.0751. The van der Waals surface area contributed by atoms with E-state index in [0.717, 1.165) is 11.8 Å². The third kappa shape index (κ3) is 2.53. The normalized spacial score (nSPS) is 11.9. The van der Waals surface area contributed by atoms with Crippen LogP contribution in [-0.4, -0.2) is 12.1 Å². The molecule has 0 saturated carbocycles. The molecule has 0 spiro atoms. The molecule has 3 heteroatoms. The number of rotatable bonds is 3. The second-order valence-corrected chi connectivity index (χ2v) is 3.35. The van der Waals surface area contributed by atoms with Crippen LogP contribution < -0.4 is 5.73 Å². The zero-order valence-corrected chi connectivity index (χ0v) is 8.78. The van der Waals surface area contributed by atoms with E-state index in [4.69, 9.17) is 5.73 Å². The lowest BCUT2D eigenvalue weighted by atomic mass is 10.00. The summed E-state index contributed by atoms with van der Waals surface area (Å²) in [6, 6.07) is 6.76. The summed E-state index contributed by atoms with van der Waals surface area (Å²) in [5, 5.41) is 0. The van der Waals surface area contributed by atoms with Crippen LogP contribution in [0.4, 0.5) is 0 Å². The Labute approximate surface area is 88.6 Å². The second-order valence-electron chi connectivity index (χ2n) is 3.35.